The van der Waals surface area contributed by atoms with E-state index in [0.717, 1.165) is 25.1 Å². The zero-order valence-corrected chi connectivity index (χ0v) is 16.7. The molecule has 0 heterocycles. The van der Waals surface area contributed by atoms with Gasteiger partial charge in [-0.3, -0.25) is 4.99 Å². The molecule has 27 heavy (non-hydrogen) atoms. The van der Waals surface area contributed by atoms with Crippen LogP contribution in [0.1, 0.15) is 18.1 Å². The largest absolute Gasteiger partial charge is 0.357 e. The summed E-state index contributed by atoms with van der Waals surface area (Å²) in [5.74, 6) is 0.683. The van der Waals surface area contributed by atoms with Crippen LogP contribution in [0.4, 0.5) is 0 Å². The van der Waals surface area contributed by atoms with Crippen LogP contribution in [0.5, 0.6) is 0 Å². The van der Waals surface area contributed by atoms with E-state index in [1.54, 1.807) is 24.3 Å². The van der Waals surface area contributed by atoms with Crippen LogP contribution >= 0.6 is 0 Å². The van der Waals surface area contributed by atoms with Gasteiger partial charge in [0.25, 0.3) is 0 Å². The fourth-order valence-electron chi connectivity index (χ4n) is 2.46. The van der Waals surface area contributed by atoms with Crippen molar-refractivity contribution >= 4 is 16.0 Å². The third-order valence-corrected chi connectivity index (χ3v) is 5.38. The highest BCUT2D eigenvalue weighted by atomic mass is 32.2. The molecule has 0 aliphatic carbocycles. The van der Waals surface area contributed by atoms with Gasteiger partial charge >= 0.3 is 0 Å². The first kappa shape index (κ1) is 20.9. The number of benzene rings is 2. The topological polar surface area (TPSA) is 82.6 Å². The van der Waals surface area contributed by atoms with Crippen molar-refractivity contribution in [3.8, 4) is 0 Å². The van der Waals surface area contributed by atoms with Crippen molar-refractivity contribution < 1.29 is 8.42 Å². The predicted molar refractivity (Wildman–Crippen MR) is 110 cm³/mol. The molecule has 0 unspecified atom stereocenters. The van der Waals surface area contributed by atoms with Crippen molar-refractivity contribution in [3.05, 3.63) is 65.7 Å². The molecular weight excluding hydrogens is 360 g/mol. The van der Waals surface area contributed by atoms with Crippen LogP contribution in [-0.2, 0) is 16.4 Å². The van der Waals surface area contributed by atoms with Gasteiger partial charge in [0, 0.05) is 19.6 Å². The van der Waals surface area contributed by atoms with E-state index in [9.17, 15) is 8.42 Å². The van der Waals surface area contributed by atoms with Crippen molar-refractivity contribution in [1.82, 2.24) is 15.4 Å². The quantitative estimate of drug-likeness (QED) is 0.349. The number of hydrogen-bond donors (Lipinski definition) is 3. The first-order valence-electron chi connectivity index (χ1n) is 9.13. The number of aryl methyl sites for hydroxylation is 1. The number of sulfonamides is 1. The summed E-state index contributed by atoms with van der Waals surface area (Å²) in [6.07, 6.45) is 0.894. The van der Waals surface area contributed by atoms with Crippen LogP contribution in [0.25, 0.3) is 0 Å². The molecule has 3 N–H and O–H groups in total. The van der Waals surface area contributed by atoms with Crippen LogP contribution in [-0.4, -0.2) is 40.6 Å². The van der Waals surface area contributed by atoms with E-state index in [2.05, 4.69) is 32.5 Å². The third kappa shape index (κ3) is 7.40. The fourth-order valence-corrected chi connectivity index (χ4v) is 3.48. The molecule has 0 aliphatic rings. The molecule has 0 bridgehead atoms. The van der Waals surface area contributed by atoms with Gasteiger partial charge in [0.15, 0.2) is 5.96 Å². The second-order valence-electron chi connectivity index (χ2n) is 6.13. The van der Waals surface area contributed by atoms with Crippen molar-refractivity contribution in [2.75, 3.05) is 26.2 Å². The first-order valence-corrected chi connectivity index (χ1v) is 10.6. The summed E-state index contributed by atoms with van der Waals surface area (Å²) in [5.41, 5.74) is 2.28. The van der Waals surface area contributed by atoms with Gasteiger partial charge in [-0.25, -0.2) is 13.1 Å². The lowest BCUT2D eigenvalue weighted by atomic mass is 10.1. The molecule has 146 valence electrons. The molecule has 0 radical (unpaired) electrons. The average Bonchev–Trinajstić information content (AvgIpc) is 2.66. The lowest BCUT2D eigenvalue weighted by molar-refractivity contribution is 0.582. The molecule has 0 spiro atoms. The van der Waals surface area contributed by atoms with Gasteiger partial charge in [-0.1, -0.05) is 48.0 Å². The van der Waals surface area contributed by atoms with Crippen molar-refractivity contribution in [2.45, 2.75) is 25.2 Å². The molecule has 6 nitrogen and oxygen atoms in total. The highest BCUT2D eigenvalue weighted by molar-refractivity contribution is 7.89. The van der Waals surface area contributed by atoms with Crippen LogP contribution in [0, 0.1) is 6.92 Å². The molecule has 0 amide bonds. The number of nitrogens with one attached hydrogen (secondary N) is 3. The van der Waals surface area contributed by atoms with Crippen molar-refractivity contribution in [2.24, 2.45) is 4.99 Å². The molecule has 0 atom stereocenters. The molecule has 0 aliphatic heterocycles. The molecule has 2 aromatic rings. The Balaban J connectivity index is 1.80. The number of hydrogen-bond acceptors (Lipinski definition) is 3. The molecular formula is C20H28N4O2S. The summed E-state index contributed by atoms with van der Waals surface area (Å²) in [6.45, 7) is 6.01. The van der Waals surface area contributed by atoms with E-state index in [1.165, 1.54) is 5.56 Å². The van der Waals surface area contributed by atoms with Gasteiger partial charge in [0.2, 0.25) is 10.0 Å². The minimum atomic E-state index is -3.50. The van der Waals surface area contributed by atoms with E-state index in [0.29, 0.717) is 12.5 Å². The zero-order chi connectivity index (χ0) is 19.5. The van der Waals surface area contributed by atoms with Crippen LogP contribution < -0.4 is 15.4 Å². The second kappa shape index (κ2) is 10.7. The minimum absolute atomic E-state index is 0.242. The summed E-state index contributed by atoms with van der Waals surface area (Å²) in [6, 6.07) is 17.0. The van der Waals surface area contributed by atoms with Crippen LogP contribution in [0.2, 0.25) is 0 Å². The lowest BCUT2D eigenvalue weighted by Crippen LogP contribution is -2.39. The molecule has 0 saturated carbocycles. The molecule has 0 aromatic heterocycles. The Morgan fingerprint density at radius 1 is 0.963 bits per heavy atom. The summed E-state index contributed by atoms with van der Waals surface area (Å²) in [4.78, 5) is 4.69. The monoisotopic (exact) mass is 388 g/mol. The third-order valence-electron chi connectivity index (χ3n) is 3.90. The van der Waals surface area contributed by atoms with E-state index in [-0.39, 0.29) is 11.4 Å². The SMILES string of the molecule is CCNC(=NCCNS(=O)(=O)c1ccc(C)cc1)NCCc1ccccc1. The number of nitrogens with zero attached hydrogens (tertiary/aromatic N) is 1. The van der Waals surface area contributed by atoms with E-state index >= 15 is 0 Å². The summed E-state index contributed by atoms with van der Waals surface area (Å²) in [7, 11) is -3.50. The van der Waals surface area contributed by atoms with Gasteiger partial charge in [-0.2, -0.15) is 0 Å². The molecule has 0 saturated heterocycles. The van der Waals surface area contributed by atoms with Gasteiger partial charge < -0.3 is 10.6 Å². The average molecular weight is 389 g/mol. The maximum absolute atomic E-state index is 12.3. The smallest absolute Gasteiger partial charge is 0.240 e. The first-order chi connectivity index (χ1) is 13.0. The van der Waals surface area contributed by atoms with E-state index in [1.807, 2.05) is 32.0 Å². The number of guanidine groups is 1. The Labute approximate surface area is 162 Å². The highest BCUT2D eigenvalue weighted by Crippen LogP contribution is 2.09. The Kier molecular flexibility index (Phi) is 8.29. The molecule has 2 rings (SSSR count). The molecule has 0 fully saturated rings. The van der Waals surface area contributed by atoms with E-state index < -0.39 is 10.0 Å². The highest BCUT2D eigenvalue weighted by Gasteiger charge is 2.12. The maximum Gasteiger partial charge on any atom is 0.240 e. The number of aliphatic imine (C=N–C) groups is 1. The molecule has 7 heteroatoms. The Bertz CT molecular complexity index is 819. The van der Waals surface area contributed by atoms with Gasteiger partial charge in [-0.15, -0.1) is 0 Å². The Morgan fingerprint density at radius 3 is 2.33 bits per heavy atom. The van der Waals surface area contributed by atoms with Gasteiger partial charge in [-0.05, 0) is 38.0 Å². The molecule has 2 aromatic carbocycles. The number of rotatable bonds is 9. The minimum Gasteiger partial charge on any atom is -0.357 e. The predicted octanol–water partition coefficient (Wildman–Crippen LogP) is 2.07. The fraction of sp³-hybridized carbons (Fsp3) is 0.350. The lowest BCUT2D eigenvalue weighted by Gasteiger charge is -2.11. The maximum atomic E-state index is 12.3. The zero-order valence-electron chi connectivity index (χ0n) is 15.9. The Morgan fingerprint density at radius 2 is 1.67 bits per heavy atom. The normalized spacial score (nSPS) is 12.0. The second-order valence-corrected chi connectivity index (χ2v) is 7.90. The van der Waals surface area contributed by atoms with Crippen LogP contribution in [0.3, 0.4) is 0 Å². The van der Waals surface area contributed by atoms with Crippen molar-refractivity contribution in [3.63, 3.8) is 0 Å². The van der Waals surface area contributed by atoms with Gasteiger partial charge in [0.1, 0.15) is 0 Å². The van der Waals surface area contributed by atoms with Crippen LogP contribution in [0.15, 0.2) is 64.5 Å². The van der Waals surface area contributed by atoms with Gasteiger partial charge in [0.05, 0.1) is 11.4 Å². The summed E-state index contributed by atoms with van der Waals surface area (Å²) >= 11 is 0. The standard InChI is InChI=1S/C20H28N4O2S/c1-3-21-20(22-14-13-18-7-5-4-6-8-18)23-15-16-24-27(25,26)19-11-9-17(2)10-12-19/h4-12,24H,3,13-16H2,1-2H3,(H2,21,22,23). The van der Waals surface area contributed by atoms with Crippen molar-refractivity contribution in [1.29, 1.82) is 0 Å². The summed E-state index contributed by atoms with van der Waals surface area (Å²) < 4.78 is 27.1. The summed E-state index contributed by atoms with van der Waals surface area (Å²) in [5, 5.41) is 6.43. The Hall–Kier alpha value is -2.38. The van der Waals surface area contributed by atoms with E-state index in [4.69, 9.17) is 0 Å².